The number of carbonyl (C=O) groups is 2. The Kier molecular flexibility index (Phi) is 8.63. The first-order valence-corrected chi connectivity index (χ1v) is 9.98. The number of ether oxygens (including phenoxy) is 1. The molecule has 8 heteroatoms. The molecule has 0 amide bonds. The van der Waals surface area contributed by atoms with Crippen LogP contribution in [0.3, 0.4) is 0 Å². The smallest absolute Gasteiger partial charge is 0.305 e. The predicted molar refractivity (Wildman–Crippen MR) is 111 cm³/mol. The lowest BCUT2D eigenvalue weighted by atomic mass is 10.1. The van der Waals surface area contributed by atoms with E-state index < -0.39 is 0 Å². The number of ketones is 1. The molecule has 1 fully saturated rings. The Morgan fingerprint density at radius 1 is 1.18 bits per heavy atom. The fraction of sp³-hybridized carbons (Fsp3) is 0.550. The average Bonchev–Trinajstić information content (AvgIpc) is 2.70. The third-order valence-corrected chi connectivity index (χ3v) is 5.23. The molecular formula is C20H28FN3O3S. The number of nitrogens with one attached hydrogen (secondary N) is 1. The van der Waals surface area contributed by atoms with Crippen molar-refractivity contribution >= 4 is 34.8 Å². The number of rotatable bonds is 8. The molecule has 1 aliphatic heterocycles. The van der Waals surface area contributed by atoms with E-state index in [9.17, 15) is 14.0 Å². The van der Waals surface area contributed by atoms with Gasteiger partial charge in [-0.2, -0.15) is 0 Å². The molecule has 0 radical (unpaired) electrons. The number of benzene rings is 1. The van der Waals surface area contributed by atoms with Crippen LogP contribution >= 0.6 is 12.2 Å². The van der Waals surface area contributed by atoms with Gasteiger partial charge in [-0.25, -0.2) is 4.39 Å². The lowest BCUT2D eigenvalue weighted by molar-refractivity contribution is -0.140. The lowest BCUT2D eigenvalue weighted by Crippen LogP contribution is -2.52. The molecule has 28 heavy (non-hydrogen) atoms. The molecule has 0 bridgehead atoms. The SMILES string of the molecule is COC(=O)CCCCCNC(=S)N1CCN(c2ccc(C(C)=O)cc2F)CC1. The van der Waals surface area contributed by atoms with Crippen molar-refractivity contribution in [3.63, 3.8) is 0 Å². The van der Waals surface area contributed by atoms with Crippen molar-refractivity contribution in [1.82, 2.24) is 10.2 Å². The molecule has 1 N–H and O–H groups in total. The summed E-state index contributed by atoms with van der Waals surface area (Å²) in [5, 5.41) is 3.96. The summed E-state index contributed by atoms with van der Waals surface area (Å²) in [6.45, 7) is 4.94. The molecule has 0 aliphatic carbocycles. The Bertz CT molecular complexity index is 706. The Morgan fingerprint density at radius 3 is 2.50 bits per heavy atom. The van der Waals surface area contributed by atoms with E-state index in [1.807, 2.05) is 4.90 Å². The number of nitrogens with zero attached hydrogens (tertiary/aromatic N) is 2. The van der Waals surface area contributed by atoms with Crippen LogP contribution in [-0.4, -0.2) is 61.6 Å². The average molecular weight is 410 g/mol. The Balaban J connectivity index is 1.71. The van der Waals surface area contributed by atoms with E-state index in [1.165, 1.54) is 20.1 Å². The van der Waals surface area contributed by atoms with Crippen molar-refractivity contribution in [2.75, 3.05) is 44.7 Å². The first-order chi connectivity index (χ1) is 13.4. The summed E-state index contributed by atoms with van der Waals surface area (Å²) < 4.78 is 18.9. The Hall–Kier alpha value is -2.22. The highest BCUT2D eigenvalue weighted by molar-refractivity contribution is 7.80. The van der Waals surface area contributed by atoms with Gasteiger partial charge in [0.2, 0.25) is 0 Å². The molecule has 1 saturated heterocycles. The minimum Gasteiger partial charge on any atom is -0.469 e. The van der Waals surface area contributed by atoms with Crippen LogP contribution in [0.5, 0.6) is 0 Å². The van der Waals surface area contributed by atoms with E-state index in [-0.39, 0.29) is 17.6 Å². The number of hydrogen-bond donors (Lipinski definition) is 1. The molecule has 1 aromatic carbocycles. The van der Waals surface area contributed by atoms with Gasteiger partial charge in [-0.3, -0.25) is 9.59 Å². The van der Waals surface area contributed by atoms with Crippen LogP contribution in [0.15, 0.2) is 18.2 Å². The number of unbranched alkanes of at least 4 members (excludes halogenated alkanes) is 2. The van der Waals surface area contributed by atoms with Gasteiger partial charge in [-0.1, -0.05) is 6.42 Å². The zero-order valence-corrected chi connectivity index (χ0v) is 17.3. The highest BCUT2D eigenvalue weighted by Gasteiger charge is 2.21. The van der Waals surface area contributed by atoms with Crippen LogP contribution in [0.25, 0.3) is 0 Å². The maximum atomic E-state index is 14.3. The fourth-order valence-corrected chi connectivity index (χ4v) is 3.40. The van der Waals surface area contributed by atoms with Crippen LogP contribution in [0, 0.1) is 5.82 Å². The minimum absolute atomic E-state index is 0.142. The van der Waals surface area contributed by atoms with E-state index in [4.69, 9.17) is 12.2 Å². The number of piperazine rings is 1. The summed E-state index contributed by atoms with van der Waals surface area (Å²) in [6, 6.07) is 4.64. The third-order valence-electron chi connectivity index (χ3n) is 4.82. The topological polar surface area (TPSA) is 61.9 Å². The zero-order chi connectivity index (χ0) is 20.5. The Labute approximate surface area is 171 Å². The summed E-state index contributed by atoms with van der Waals surface area (Å²) in [4.78, 5) is 26.5. The summed E-state index contributed by atoms with van der Waals surface area (Å²) in [5.41, 5.74) is 0.908. The molecule has 0 aromatic heterocycles. The maximum Gasteiger partial charge on any atom is 0.305 e. The summed E-state index contributed by atoms with van der Waals surface area (Å²) in [7, 11) is 1.40. The number of anilines is 1. The van der Waals surface area contributed by atoms with Crippen molar-refractivity contribution in [2.24, 2.45) is 0 Å². The molecule has 6 nitrogen and oxygen atoms in total. The molecule has 1 aliphatic rings. The minimum atomic E-state index is -0.367. The standard InChI is InChI=1S/C20H28FN3O3S/c1-15(25)16-7-8-18(17(21)14-16)23-10-12-24(13-11-23)20(28)22-9-5-3-4-6-19(26)27-2/h7-8,14H,3-6,9-13H2,1-2H3,(H,22,28). The van der Waals surface area contributed by atoms with Crippen LogP contribution in [-0.2, 0) is 9.53 Å². The first-order valence-electron chi connectivity index (χ1n) is 9.57. The molecular weight excluding hydrogens is 381 g/mol. The number of thiocarbonyl (C=S) groups is 1. The molecule has 2 rings (SSSR count). The van der Waals surface area contributed by atoms with Crippen molar-refractivity contribution in [2.45, 2.75) is 32.6 Å². The van der Waals surface area contributed by atoms with Gasteiger partial charge in [0.25, 0.3) is 0 Å². The van der Waals surface area contributed by atoms with E-state index in [2.05, 4.69) is 15.0 Å². The summed E-state index contributed by atoms with van der Waals surface area (Å²) in [5.74, 6) is -0.681. The van der Waals surface area contributed by atoms with E-state index in [0.29, 0.717) is 49.0 Å². The van der Waals surface area contributed by atoms with Crippen LogP contribution in [0.4, 0.5) is 10.1 Å². The second-order valence-electron chi connectivity index (χ2n) is 6.82. The van der Waals surface area contributed by atoms with Crippen molar-refractivity contribution in [1.29, 1.82) is 0 Å². The number of halogens is 1. The molecule has 0 unspecified atom stereocenters. The fourth-order valence-electron chi connectivity index (χ4n) is 3.11. The lowest BCUT2D eigenvalue weighted by Gasteiger charge is -2.37. The maximum absolute atomic E-state index is 14.3. The van der Waals surface area contributed by atoms with Crippen molar-refractivity contribution in [3.05, 3.63) is 29.6 Å². The van der Waals surface area contributed by atoms with Crippen LogP contribution < -0.4 is 10.2 Å². The highest BCUT2D eigenvalue weighted by atomic mass is 32.1. The predicted octanol–water partition coefficient (Wildman–Crippen LogP) is 2.76. The van der Waals surface area contributed by atoms with Crippen molar-refractivity contribution in [3.8, 4) is 0 Å². The van der Waals surface area contributed by atoms with Gasteiger partial charge in [0, 0.05) is 44.7 Å². The van der Waals surface area contributed by atoms with Gasteiger partial charge < -0.3 is 19.9 Å². The third kappa shape index (κ3) is 6.44. The first kappa shape index (κ1) is 22.1. The molecule has 0 saturated carbocycles. The second-order valence-corrected chi connectivity index (χ2v) is 7.20. The van der Waals surface area contributed by atoms with Crippen molar-refractivity contribution < 1.29 is 18.7 Å². The molecule has 1 aromatic rings. The number of methoxy groups -OCH3 is 1. The van der Waals surface area contributed by atoms with E-state index in [0.717, 1.165) is 25.8 Å². The van der Waals surface area contributed by atoms with Gasteiger partial charge in [0.1, 0.15) is 5.82 Å². The van der Waals surface area contributed by atoms with Gasteiger partial charge in [0.15, 0.2) is 10.9 Å². The highest BCUT2D eigenvalue weighted by Crippen LogP contribution is 2.22. The number of Topliss-reactive ketones (excluding diaryl/α,β-unsaturated/α-hetero) is 1. The second kappa shape index (κ2) is 10.9. The zero-order valence-electron chi connectivity index (χ0n) is 16.5. The van der Waals surface area contributed by atoms with Gasteiger partial charge >= 0.3 is 5.97 Å². The Morgan fingerprint density at radius 2 is 1.89 bits per heavy atom. The molecule has 0 atom stereocenters. The largest absolute Gasteiger partial charge is 0.469 e. The molecule has 154 valence electrons. The quantitative estimate of drug-likeness (QED) is 0.307. The van der Waals surface area contributed by atoms with E-state index >= 15 is 0 Å². The van der Waals surface area contributed by atoms with Gasteiger partial charge in [-0.15, -0.1) is 0 Å². The summed E-state index contributed by atoms with van der Waals surface area (Å²) in [6.07, 6.45) is 3.14. The number of esters is 1. The van der Waals surface area contributed by atoms with Gasteiger partial charge in [-0.05, 0) is 50.2 Å². The monoisotopic (exact) mass is 409 g/mol. The van der Waals surface area contributed by atoms with Gasteiger partial charge in [0.05, 0.1) is 12.8 Å². The number of hydrogen-bond acceptors (Lipinski definition) is 5. The number of carbonyl (C=O) groups excluding carboxylic acids is 2. The van der Waals surface area contributed by atoms with Crippen LogP contribution in [0.1, 0.15) is 43.0 Å². The summed E-state index contributed by atoms with van der Waals surface area (Å²) >= 11 is 5.45. The molecule has 1 heterocycles. The molecule has 0 spiro atoms. The van der Waals surface area contributed by atoms with E-state index in [1.54, 1.807) is 12.1 Å². The van der Waals surface area contributed by atoms with Crippen LogP contribution in [0.2, 0.25) is 0 Å². The normalized spacial score (nSPS) is 14.0.